The van der Waals surface area contributed by atoms with Crippen LogP contribution in [0.3, 0.4) is 0 Å². The average Bonchev–Trinajstić information content (AvgIpc) is 1.78. The molecular weight excluding hydrogens is 348 g/mol. The van der Waals surface area contributed by atoms with E-state index in [1.807, 2.05) is 0 Å². The Morgan fingerprint density at radius 2 is 2.00 bits per heavy atom. The minimum atomic E-state index is -1.23. The van der Waals surface area contributed by atoms with Crippen molar-refractivity contribution in [3.63, 3.8) is 0 Å². The maximum absolute atomic E-state index is 9.87. The summed E-state index contributed by atoms with van der Waals surface area (Å²) in [5, 5.41) is 8.09. The van der Waals surface area contributed by atoms with Crippen molar-refractivity contribution in [2.75, 3.05) is 6.61 Å². The third kappa shape index (κ3) is 10.7. The molecule has 0 saturated carbocycles. The highest BCUT2D eigenvalue weighted by atomic mass is 80.0. The summed E-state index contributed by atoms with van der Waals surface area (Å²) in [4.78, 5) is 9.87. The second-order valence-electron chi connectivity index (χ2n) is 1.83. The smallest absolute Gasteiger partial charge is 0.450 e. The Kier molecular flexibility index (Phi) is 5.72. The van der Waals surface area contributed by atoms with Gasteiger partial charge in [0.15, 0.2) is 0 Å². The molecule has 0 aliphatic carbocycles. The van der Waals surface area contributed by atoms with E-state index >= 15 is 0 Å². The Balaban J connectivity index is 3.22. The Hall–Kier alpha value is 0.710. The van der Waals surface area contributed by atoms with E-state index in [1.165, 1.54) is 0 Å². The van der Waals surface area contributed by atoms with Crippen LogP contribution in [0.5, 0.6) is 0 Å². The first-order valence-corrected chi connectivity index (χ1v) is 5.22. The van der Waals surface area contributed by atoms with Gasteiger partial charge >= 0.3 is 6.16 Å². The van der Waals surface area contributed by atoms with Crippen molar-refractivity contribution in [3.8, 4) is 0 Å². The highest BCUT2D eigenvalue weighted by Gasteiger charge is 2.16. The third-order valence-electron chi connectivity index (χ3n) is 0.830. The van der Waals surface area contributed by atoms with Crippen LogP contribution < -0.4 is 0 Å². The van der Waals surface area contributed by atoms with Crippen molar-refractivity contribution >= 4 is 53.9 Å². The monoisotopic (exact) mass is 352 g/mol. The maximum Gasteiger partial charge on any atom is 0.505 e. The number of hydrogen-bond donors (Lipinski definition) is 1. The number of ether oxygens (including phenoxy) is 1. The van der Waals surface area contributed by atoms with E-state index < -0.39 is 6.16 Å². The molecule has 0 aliphatic heterocycles. The molecule has 0 saturated heterocycles. The van der Waals surface area contributed by atoms with Gasteiger partial charge in [0.25, 0.3) is 0 Å². The van der Waals surface area contributed by atoms with Crippen LogP contribution in [0.2, 0.25) is 0 Å². The third-order valence-corrected chi connectivity index (χ3v) is 2.02. The van der Waals surface area contributed by atoms with Crippen LogP contribution in [0.1, 0.15) is 12.8 Å². The van der Waals surface area contributed by atoms with Gasteiger partial charge in [-0.2, -0.15) is 0 Å². The van der Waals surface area contributed by atoms with Gasteiger partial charge in [-0.3, -0.25) is 0 Å². The molecule has 11 heavy (non-hydrogen) atoms. The molecule has 0 amide bonds. The summed E-state index contributed by atoms with van der Waals surface area (Å²) in [7, 11) is 0. The van der Waals surface area contributed by atoms with Gasteiger partial charge in [0.1, 0.15) is 2.14 Å². The first-order valence-electron chi connectivity index (χ1n) is 2.84. The standard InChI is InChI=1S/C5H7Br3O3/c6-5(7,8)2-1-3-11-4(9)10/h1-3H2,(H,9,10). The highest BCUT2D eigenvalue weighted by Crippen LogP contribution is 2.37. The molecule has 66 valence electrons. The summed E-state index contributed by atoms with van der Waals surface area (Å²) in [5.41, 5.74) is 0. The maximum atomic E-state index is 9.87. The lowest BCUT2D eigenvalue weighted by Gasteiger charge is -2.10. The Morgan fingerprint density at radius 1 is 1.45 bits per heavy atom. The number of rotatable bonds is 3. The van der Waals surface area contributed by atoms with E-state index in [4.69, 9.17) is 5.11 Å². The quantitative estimate of drug-likeness (QED) is 0.480. The average molecular weight is 355 g/mol. The molecule has 0 bridgehead atoms. The van der Waals surface area contributed by atoms with Crippen LogP contribution in [0.15, 0.2) is 0 Å². The summed E-state index contributed by atoms with van der Waals surface area (Å²) in [6, 6.07) is 0. The predicted molar refractivity (Wildman–Crippen MR) is 52.7 cm³/mol. The second-order valence-corrected chi connectivity index (χ2v) is 9.09. The molecule has 0 radical (unpaired) electrons. The van der Waals surface area contributed by atoms with Crippen molar-refractivity contribution < 1.29 is 14.6 Å². The van der Waals surface area contributed by atoms with E-state index in [0.717, 1.165) is 6.42 Å². The molecule has 0 heterocycles. The van der Waals surface area contributed by atoms with Gasteiger partial charge in [-0.15, -0.1) is 0 Å². The largest absolute Gasteiger partial charge is 0.505 e. The van der Waals surface area contributed by atoms with Crippen LogP contribution >= 0.6 is 47.8 Å². The number of hydrogen-bond acceptors (Lipinski definition) is 2. The van der Waals surface area contributed by atoms with Crippen LogP contribution in [0.25, 0.3) is 0 Å². The van der Waals surface area contributed by atoms with Crippen molar-refractivity contribution in [2.24, 2.45) is 0 Å². The van der Waals surface area contributed by atoms with E-state index in [1.54, 1.807) is 0 Å². The number of carboxylic acid groups (broad SMARTS) is 1. The van der Waals surface area contributed by atoms with E-state index in [0.29, 0.717) is 6.42 Å². The van der Waals surface area contributed by atoms with Crippen molar-refractivity contribution in [1.29, 1.82) is 0 Å². The van der Waals surface area contributed by atoms with Crippen molar-refractivity contribution in [2.45, 2.75) is 15.0 Å². The SMILES string of the molecule is O=C(O)OCCCC(Br)(Br)Br. The molecule has 0 unspecified atom stereocenters. The van der Waals surface area contributed by atoms with Gasteiger partial charge < -0.3 is 9.84 Å². The molecule has 1 N–H and O–H groups in total. The van der Waals surface area contributed by atoms with Crippen molar-refractivity contribution in [3.05, 3.63) is 0 Å². The predicted octanol–water partition coefficient (Wildman–Crippen LogP) is 3.30. The lowest BCUT2D eigenvalue weighted by Crippen LogP contribution is -2.05. The van der Waals surface area contributed by atoms with Crippen LogP contribution in [0, 0.1) is 0 Å². The molecule has 0 fully saturated rings. The molecule has 0 aromatic carbocycles. The van der Waals surface area contributed by atoms with Gasteiger partial charge in [-0.05, 0) is 12.8 Å². The molecule has 0 atom stereocenters. The Morgan fingerprint density at radius 3 is 2.36 bits per heavy atom. The Labute approximate surface area is 89.9 Å². The minimum absolute atomic E-state index is 0.222. The molecule has 0 rings (SSSR count). The minimum Gasteiger partial charge on any atom is -0.450 e. The van der Waals surface area contributed by atoms with Crippen LogP contribution in [-0.2, 0) is 4.74 Å². The normalized spacial score (nSPS) is 11.2. The number of carbonyl (C=O) groups is 1. The van der Waals surface area contributed by atoms with Gasteiger partial charge in [0.2, 0.25) is 0 Å². The molecule has 0 aromatic heterocycles. The fraction of sp³-hybridized carbons (Fsp3) is 0.800. The molecule has 0 aromatic rings. The zero-order valence-corrected chi connectivity index (χ0v) is 10.3. The topological polar surface area (TPSA) is 46.5 Å². The van der Waals surface area contributed by atoms with Crippen LogP contribution in [-0.4, -0.2) is 20.0 Å². The fourth-order valence-corrected chi connectivity index (χ4v) is 1.27. The summed E-state index contributed by atoms with van der Waals surface area (Å²) in [6.45, 7) is 0.222. The first-order chi connectivity index (χ1) is 4.92. The van der Waals surface area contributed by atoms with E-state index in [2.05, 4.69) is 52.5 Å². The van der Waals surface area contributed by atoms with Gasteiger partial charge in [0, 0.05) is 0 Å². The van der Waals surface area contributed by atoms with Gasteiger partial charge in [-0.1, -0.05) is 47.8 Å². The molecule has 3 nitrogen and oxygen atoms in total. The van der Waals surface area contributed by atoms with E-state index in [9.17, 15) is 4.79 Å². The van der Waals surface area contributed by atoms with E-state index in [-0.39, 0.29) is 8.75 Å². The van der Waals surface area contributed by atoms with Gasteiger partial charge in [-0.25, -0.2) is 4.79 Å². The first kappa shape index (κ1) is 11.7. The molecular formula is C5H7Br3O3. The number of alkyl halides is 3. The molecule has 6 heteroatoms. The molecule has 0 aliphatic rings. The zero-order valence-electron chi connectivity index (χ0n) is 5.52. The second kappa shape index (κ2) is 5.37. The van der Waals surface area contributed by atoms with Crippen LogP contribution in [0.4, 0.5) is 4.79 Å². The molecule has 0 spiro atoms. The van der Waals surface area contributed by atoms with Crippen molar-refractivity contribution in [1.82, 2.24) is 0 Å². The Bertz CT molecular complexity index is 131. The fourth-order valence-electron chi connectivity index (χ4n) is 0.432. The van der Waals surface area contributed by atoms with Gasteiger partial charge in [0.05, 0.1) is 6.61 Å². The highest BCUT2D eigenvalue weighted by molar-refractivity contribution is 9.39. The zero-order chi connectivity index (χ0) is 8.91. The summed E-state index contributed by atoms with van der Waals surface area (Å²) in [6.07, 6.45) is 0.170. The summed E-state index contributed by atoms with van der Waals surface area (Å²) >= 11 is 9.83. The summed E-state index contributed by atoms with van der Waals surface area (Å²) in [5.74, 6) is 0. The lowest BCUT2D eigenvalue weighted by molar-refractivity contribution is 0.0904. The number of halogens is 3. The summed E-state index contributed by atoms with van der Waals surface area (Å²) < 4.78 is 3.99. The lowest BCUT2D eigenvalue weighted by atomic mass is 10.4.